The van der Waals surface area contributed by atoms with E-state index in [1.54, 1.807) is 0 Å². The Kier molecular flexibility index (Phi) is 8.85. The number of ketones is 1. The highest BCUT2D eigenvalue weighted by molar-refractivity contribution is 7.17. The second-order valence-electron chi connectivity index (χ2n) is 2.67. The van der Waals surface area contributed by atoms with Gasteiger partial charge in [-0.2, -0.15) is 0 Å². The van der Waals surface area contributed by atoms with Crippen molar-refractivity contribution >= 4 is 14.5 Å². The second-order valence-corrected chi connectivity index (χ2v) is 3.20. The van der Waals surface area contributed by atoms with Gasteiger partial charge in [-0.15, -0.1) is 0 Å². The predicted molar refractivity (Wildman–Crippen MR) is 50.1 cm³/mol. The number of hydrogen-bond acceptors (Lipinski definition) is 3. The van der Waals surface area contributed by atoms with Crippen LogP contribution < -0.4 is 0 Å². The minimum atomic E-state index is -1.05. The molecule has 0 fully saturated rings. The molecule has 0 aliphatic carbocycles. The molecule has 0 amide bonds. The summed E-state index contributed by atoms with van der Waals surface area (Å²) in [4.78, 5) is 10.8. The summed E-state index contributed by atoms with van der Waals surface area (Å²) in [5, 5.41) is 0. The van der Waals surface area contributed by atoms with Gasteiger partial charge in [-0.25, -0.2) is 0 Å². The van der Waals surface area contributed by atoms with Gasteiger partial charge in [-0.1, -0.05) is 13.3 Å². The number of Topliss-reactive ketones (excluding diaryl/α,β-unsaturated/α-hetero) is 1. The first-order valence-electron chi connectivity index (χ1n) is 4.38. The number of carbonyl (C=O) groups is 1. The van der Waals surface area contributed by atoms with Gasteiger partial charge in [0.05, 0.1) is 6.61 Å². The Hall–Kier alpha value is -0.140. The molecule has 0 saturated heterocycles. The molecule has 0 aromatic rings. The highest BCUT2D eigenvalue weighted by atomic mass is 31.1. The lowest BCUT2D eigenvalue weighted by molar-refractivity contribution is -0.118. The van der Waals surface area contributed by atoms with Crippen LogP contribution in [0.15, 0.2) is 0 Å². The Labute approximate surface area is 74.8 Å². The lowest BCUT2D eigenvalue weighted by Crippen LogP contribution is -1.94. The summed E-state index contributed by atoms with van der Waals surface area (Å²) in [7, 11) is -1.05. The van der Waals surface area contributed by atoms with Gasteiger partial charge in [0.2, 0.25) is 0 Å². The van der Waals surface area contributed by atoms with Crippen LogP contribution in [0.1, 0.15) is 39.0 Å². The molecule has 0 bridgehead atoms. The molecule has 0 spiro atoms. The Morgan fingerprint density at radius 2 is 2.08 bits per heavy atom. The fourth-order valence-electron chi connectivity index (χ4n) is 0.909. The molecule has 0 heterocycles. The molecule has 72 valence electrons. The SMILES string of the molecule is CCC(=O)CCCCCO[PH2]=O. The molecule has 0 N–H and O–H groups in total. The lowest BCUT2D eigenvalue weighted by Gasteiger charge is -1.98. The molecular formula is C8H17O3P. The van der Waals surface area contributed by atoms with Crippen LogP contribution >= 0.6 is 8.69 Å². The summed E-state index contributed by atoms with van der Waals surface area (Å²) < 4.78 is 14.6. The topological polar surface area (TPSA) is 43.4 Å². The van der Waals surface area contributed by atoms with Crippen LogP contribution in [0.4, 0.5) is 0 Å². The normalized spacial score (nSPS) is 11.1. The molecule has 0 rings (SSSR count). The monoisotopic (exact) mass is 192 g/mol. The maximum absolute atomic E-state index is 10.8. The largest absolute Gasteiger partial charge is 0.332 e. The van der Waals surface area contributed by atoms with Gasteiger partial charge in [-0.3, -0.25) is 9.36 Å². The molecule has 0 aromatic heterocycles. The van der Waals surface area contributed by atoms with Crippen molar-refractivity contribution in [3.8, 4) is 0 Å². The molecule has 0 aromatic carbocycles. The molecule has 0 saturated carbocycles. The number of unbranched alkanes of at least 4 members (excludes halogenated alkanes) is 2. The predicted octanol–water partition coefficient (Wildman–Crippen LogP) is 2.21. The van der Waals surface area contributed by atoms with E-state index in [9.17, 15) is 9.36 Å². The summed E-state index contributed by atoms with van der Waals surface area (Å²) in [6.45, 7) is 2.45. The zero-order valence-corrected chi connectivity index (χ0v) is 8.70. The van der Waals surface area contributed by atoms with Crippen LogP contribution in [0, 0.1) is 0 Å². The van der Waals surface area contributed by atoms with Crippen molar-refractivity contribution in [1.82, 2.24) is 0 Å². The molecule has 0 aliphatic rings. The summed E-state index contributed by atoms with van der Waals surface area (Å²) in [5.41, 5.74) is 0. The van der Waals surface area contributed by atoms with E-state index >= 15 is 0 Å². The third-order valence-corrected chi connectivity index (χ3v) is 2.05. The van der Waals surface area contributed by atoms with Gasteiger partial charge >= 0.3 is 0 Å². The molecule has 3 nitrogen and oxygen atoms in total. The molecular weight excluding hydrogens is 175 g/mol. The van der Waals surface area contributed by atoms with E-state index in [0.717, 1.165) is 19.3 Å². The summed E-state index contributed by atoms with van der Waals surface area (Å²) in [5.74, 6) is 0.324. The highest BCUT2D eigenvalue weighted by Crippen LogP contribution is 2.04. The van der Waals surface area contributed by atoms with Crippen LogP contribution in [0.25, 0.3) is 0 Å². The zero-order valence-electron chi connectivity index (χ0n) is 7.54. The first-order chi connectivity index (χ1) is 5.81. The number of carbonyl (C=O) groups excluding carboxylic acids is 1. The first kappa shape index (κ1) is 11.9. The van der Waals surface area contributed by atoms with Crippen molar-refractivity contribution in [3.05, 3.63) is 0 Å². The minimum absolute atomic E-state index is 0.324. The van der Waals surface area contributed by atoms with Gasteiger partial charge in [0, 0.05) is 12.8 Å². The van der Waals surface area contributed by atoms with Crippen LogP contribution in [-0.2, 0) is 13.9 Å². The Balaban J connectivity index is 3.00. The molecule has 0 radical (unpaired) electrons. The third-order valence-electron chi connectivity index (χ3n) is 1.68. The van der Waals surface area contributed by atoms with Crippen LogP contribution in [0.2, 0.25) is 0 Å². The summed E-state index contributed by atoms with van der Waals surface area (Å²) in [6, 6.07) is 0. The summed E-state index contributed by atoms with van der Waals surface area (Å²) >= 11 is 0. The maximum Gasteiger partial charge on any atom is 0.179 e. The highest BCUT2D eigenvalue weighted by Gasteiger charge is 1.96. The molecule has 4 heteroatoms. The quantitative estimate of drug-likeness (QED) is 0.437. The van der Waals surface area contributed by atoms with E-state index in [1.807, 2.05) is 6.92 Å². The average molecular weight is 192 g/mol. The van der Waals surface area contributed by atoms with Crippen molar-refractivity contribution < 1.29 is 13.9 Å². The van der Waals surface area contributed by atoms with E-state index in [-0.39, 0.29) is 0 Å². The van der Waals surface area contributed by atoms with Gasteiger partial charge in [0.1, 0.15) is 5.78 Å². The van der Waals surface area contributed by atoms with Crippen molar-refractivity contribution in [2.45, 2.75) is 39.0 Å². The van der Waals surface area contributed by atoms with Crippen molar-refractivity contribution in [2.24, 2.45) is 0 Å². The average Bonchev–Trinajstić information content (AvgIpc) is 2.10. The van der Waals surface area contributed by atoms with E-state index in [4.69, 9.17) is 4.52 Å². The van der Waals surface area contributed by atoms with Crippen molar-refractivity contribution in [3.63, 3.8) is 0 Å². The first-order valence-corrected chi connectivity index (χ1v) is 5.32. The van der Waals surface area contributed by atoms with E-state index in [1.165, 1.54) is 0 Å². The van der Waals surface area contributed by atoms with E-state index < -0.39 is 8.69 Å². The fourth-order valence-corrected chi connectivity index (χ4v) is 1.17. The van der Waals surface area contributed by atoms with Crippen LogP contribution in [0.5, 0.6) is 0 Å². The smallest absolute Gasteiger partial charge is 0.179 e. The van der Waals surface area contributed by atoms with Gasteiger partial charge in [0.15, 0.2) is 8.69 Å². The third kappa shape index (κ3) is 7.96. The summed E-state index contributed by atoms with van der Waals surface area (Å²) in [6.07, 6.45) is 4.16. The zero-order chi connectivity index (χ0) is 9.23. The maximum atomic E-state index is 10.8. The number of rotatable bonds is 8. The van der Waals surface area contributed by atoms with Crippen LogP contribution in [-0.4, -0.2) is 12.4 Å². The molecule has 1 atom stereocenters. The second kappa shape index (κ2) is 8.95. The van der Waals surface area contributed by atoms with Crippen molar-refractivity contribution in [2.75, 3.05) is 6.61 Å². The van der Waals surface area contributed by atoms with Gasteiger partial charge in [0.25, 0.3) is 0 Å². The van der Waals surface area contributed by atoms with E-state index in [2.05, 4.69) is 0 Å². The van der Waals surface area contributed by atoms with Crippen LogP contribution in [0.3, 0.4) is 0 Å². The van der Waals surface area contributed by atoms with Gasteiger partial charge < -0.3 is 4.52 Å². The Morgan fingerprint density at radius 1 is 1.33 bits per heavy atom. The van der Waals surface area contributed by atoms with Gasteiger partial charge in [-0.05, 0) is 12.8 Å². The minimum Gasteiger partial charge on any atom is -0.332 e. The molecule has 1 unspecified atom stereocenters. The Morgan fingerprint density at radius 3 is 2.67 bits per heavy atom. The lowest BCUT2D eigenvalue weighted by atomic mass is 10.1. The Bertz CT molecular complexity index is 136. The standard InChI is InChI=1S/C8H17O3P/c1-2-8(9)6-4-3-5-7-11-12-10/h2-7,12H2,1H3. The molecule has 12 heavy (non-hydrogen) atoms. The fraction of sp³-hybridized carbons (Fsp3) is 0.875. The number of hydrogen-bond donors (Lipinski definition) is 0. The van der Waals surface area contributed by atoms with E-state index in [0.29, 0.717) is 25.2 Å². The molecule has 0 aliphatic heterocycles. The van der Waals surface area contributed by atoms with Crippen molar-refractivity contribution in [1.29, 1.82) is 0 Å².